The van der Waals surface area contributed by atoms with Crippen molar-refractivity contribution < 1.29 is 13.5 Å². The van der Waals surface area contributed by atoms with E-state index in [9.17, 15) is 13.5 Å². The highest BCUT2D eigenvalue weighted by Crippen LogP contribution is 2.30. The lowest BCUT2D eigenvalue weighted by Crippen LogP contribution is -2.27. The molecule has 0 unspecified atom stereocenters. The predicted octanol–water partition coefficient (Wildman–Crippen LogP) is 1.94. The van der Waals surface area contributed by atoms with E-state index in [1.807, 2.05) is 0 Å². The summed E-state index contributed by atoms with van der Waals surface area (Å²) in [7, 11) is -3.54. The Bertz CT molecular complexity index is 495. The molecule has 0 aromatic heterocycles. The fourth-order valence-corrected chi connectivity index (χ4v) is 3.90. The molecule has 1 aliphatic heterocycles. The van der Waals surface area contributed by atoms with Crippen molar-refractivity contribution in [2.75, 3.05) is 13.1 Å². The van der Waals surface area contributed by atoms with Gasteiger partial charge in [-0.1, -0.05) is 15.9 Å². The third kappa shape index (κ3) is 2.09. The Hall–Kier alpha value is -0.590. The third-order valence-electron chi connectivity index (χ3n) is 2.60. The van der Waals surface area contributed by atoms with Gasteiger partial charge in [0.2, 0.25) is 10.0 Å². The smallest absolute Gasteiger partial charge is 0.246 e. The molecule has 0 saturated carbocycles. The lowest BCUT2D eigenvalue weighted by atomic mass is 10.3. The van der Waals surface area contributed by atoms with Crippen molar-refractivity contribution in [2.24, 2.45) is 0 Å². The molecule has 0 spiro atoms. The summed E-state index contributed by atoms with van der Waals surface area (Å²) < 4.78 is 26.4. The average molecular weight is 306 g/mol. The van der Waals surface area contributed by atoms with Gasteiger partial charge in [-0.25, -0.2) is 8.42 Å². The van der Waals surface area contributed by atoms with Gasteiger partial charge in [0, 0.05) is 17.6 Å². The van der Waals surface area contributed by atoms with Gasteiger partial charge >= 0.3 is 0 Å². The monoisotopic (exact) mass is 305 g/mol. The molecule has 1 aliphatic rings. The molecule has 2 rings (SSSR count). The highest BCUT2D eigenvalue weighted by Gasteiger charge is 2.29. The molecule has 16 heavy (non-hydrogen) atoms. The topological polar surface area (TPSA) is 57.6 Å². The standard InChI is InChI=1S/C10H12BrNO3S/c11-8-3-4-9(13)10(7-8)16(14,15)12-5-1-2-6-12/h3-4,7,13H,1-2,5-6H2. The molecular weight excluding hydrogens is 294 g/mol. The molecule has 4 nitrogen and oxygen atoms in total. The van der Waals surface area contributed by atoms with Crippen LogP contribution in [0.15, 0.2) is 27.6 Å². The zero-order chi connectivity index (χ0) is 11.8. The van der Waals surface area contributed by atoms with E-state index in [0.717, 1.165) is 12.8 Å². The van der Waals surface area contributed by atoms with Gasteiger partial charge in [-0.2, -0.15) is 4.31 Å². The summed E-state index contributed by atoms with van der Waals surface area (Å²) in [6.07, 6.45) is 1.77. The van der Waals surface area contributed by atoms with Gasteiger partial charge in [-0.3, -0.25) is 0 Å². The van der Waals surface area contributed by atoms with Crippen LogP contribution in [0.3, 0.4) is 0 Å². The van der Waals surface area contributed by atoms with Crippen LogP contribution < -0.4 is 0 Å². The van der Waals surface area contributed by atoms with Crippen LogP contribution in [0.25, 0.3) is 0 Å². The molecule has 1 N–H and O–H groups in total. The second-order valence-electron chi connectivity index (χ2n) is 3.72. The van der Waals surface area contributed by atoms with Gasteiger partial charge in [0.25, 0.3) is 0 Å². The Labute approximate surface area is 103 Å². The fourth-order valence-electron chi connectivity index (χ4n) is 1.76. The summed E-state index contributed by atoms with van der Waals surface area (Å²) in [5, 5.41) is 9.60. The molecule has 1 aromatic rings. The minimum Gasteiger partial charge on any atom is -0.507 e. The number of hydrogen-bond acceptors (Lipinski definition) is 3. The zero-order valence-corrected chi connectivity index (χ0v) is 11.0. The number of halogens is 1. The van der Waals surface area contributed by atoms with Gasteiger partial charge < -0.3 is 5.11 Å². The first kappa shape index (κ1) is 11.9. The quantitative estimate of drug-likeness (QED) is 0.908. The molecule has 1 fully saturated rings. The highest BCUT2D eigenvalue weighted by atomic mass is 79.9. The number of nitrogens with zero attached hydrogens (tertiary/aromatic N) is 1. The summed E-state index contributed by atoms with van der Waals surface area (Å²) in [6.45, 7) is 1.07. The van der Waals surface area contributed by atoms with Crippen LogP contribution in [0.4, 0.5) is 0 Å². The molecule has 0 aliphatic carbocycles. The van der Waals surface area contributed by atoms with Crippen molar-refractivity contribution in [3.63, 3.8) is 0 Å². The van der Waals surface area contributed by atoms with Gasteiger partial charge in [0.15, 0.2) is 0 Å². The maximum atomic E-state index is 12.2. The number of phenols is 1. The summed E-state index contributed by atoms with van der Waals surface area (Å²) in [5.74, 6) is -0.199. The minimum atomic E-state index is -3.54. The number of rotatable bonds is 2. The SMILES string of the molecule is O=S(=O)(c1cc(Br)ccc1O)N1CCCC1. The van der Waals surface area contributed by atoms with Gasteiger partial charge in [-0.05, 0) is 31.0 Å². The number of sulfonamides is 1. The fraction of sp³-hybridized carbons (Fsp3) is 0.400. The van der Waals surface area contributed by atoms with Crippen LogP contribution >= 0.6 is 15.9 Å². The predicted molar refractivity (Wildman–Crippen MR) is 63.8 cm³/mol. The van der Waals surface area contributed by atoms with Crippen LogP contribution in [0.2, 0.25) is 0 Å². The van der Waals surface area contributed by atoms with E-state index in [4.69, 9.17) is 0 Å². The number of hydrogen-bond donors (Lipinski definition) is 1. The summed E-state index contributed by atoms with van der Waals surface area (Å²) in [5.41, 5.74) is 0. The Morgan fingerprint density at radius 2 is 1.88 bits per heavy atom. The van der Waals surface area contributed by atoms with Crippen molar-refractivity contribution in [3.8, 4) is 5.75 Å². The van der Waals surface area contributed by atoms with E-state index < -0.39 is 10.0 Å². The van der Waals surface area contributed by atoms with Gasteiger partial charge in [0.05, 0.1) is 0 Å². The van der Waals surface area contributed by atoms with Crippen molar-refractivity contribution in [3.05, 3.63) is 22.7 Å². The first-order valence-corrected chi connectivity index (χ1v) is 7.24. The Morgan fingerprint density at radius 1 is 1.25 bits per heavy atom. The molecule has 0 radical (unpaired) electrons. The van der Waals surface area contributed by atoms with Crippen molar-refractivity contribution in [2.45, 2.75) is 17.7 Å². The zero-order valence-electron chi connectivity index (χ0n) is 8.56. The van der Waals surface area contributed by atoms with Crippen molar-refractivity contribution in [1.82, 2.24) is 4.31 Å². The van der Waals surface area contributed by atoms with Crippen LogP contribution in [0, 0.1) is 0 Å². The van der Waals surface area contributed by atoms with E-state index >= 15 is 0 Å². The van der Waals surface area contributed by atoms with Gasteiger partial charge in [0.1, 0.15) is 10.6 Å². The number of benzene rings is 1. The lowest BCUT2D eigenvalue weighted by molar-refractivity contribution is 0.443. The second-order valence-corrected chi connectivity index (χ2v) is 6.55. The Morgan fingerprint density at radius 3 is 2.50 bits per heavy atom. The Kier molecular flexibility index (Phi) is 3.23. The summed E-state index contributed by atoms with van der Waals surface area (Å²) in [6, 6.07) is 4.42. The van der Waals surface area contributed by atoms with E-state index in [0.29, 0.717) is 17.6 Å². The molecule has 6 heteroatoms. The first-order valence-electron chi connectivity index (χ1n) is 5.00. The maximum Gasteiger partial charge on any atom is 0.246 e. The second kappa shape index (κ2) is 4.35. The maximum absolute atomic E-state index is 12.2. The molecule has 1 heterocycles. The molecule has 0 bridgehead atoms. The van der Waals surface area contributed by atoms with E-state index in [2.05, 4.69) is 15.9 Å². The normalized spacial score (nSPS) is 17.8. The molecular formula is C10H12BrNO3S. The van der Waals surface area contributed by atoms with Crippen molar-refractivity contribution >= 4 is 26.0 Å². The lowest BCUT2D eigenvalue weighted by Gasteiger charge is -2.16. The summed E-state index contributed by atoms with van der Waals surface area (Å²) in [4.78, 5) is -0.0243. The largest absolute Gasteiger partial charge is 0.507 e. The van der Waals surface area contributed by atoms with Crippen molar-refractivity contribution in [1.29, 1.82) is 0 Å². The Balaban J connectivity index is 2.46. The average Bonchev–Trinajstić information content (AvgIpc) is 2.75. The first-order chi connectivity index (χ1) is 7.51. The minimum absolute atomic E-state index is 0.0243. The third-order valence-corrected chi connectivity index (χ3v) is 5.03. The molecule has 0 atom stereocenters. The van der Waals surface area contributed by atoms with E-state index in [-0.39, 0.29) is 10.6 Å². The highest BCUT2D eigenvalue weighted by molar-refractivity contribution is 9.10. The molecule has 88 valence electrons. The molecule has 0 amide bonds. The van der Waals surface area contributed by atoms with E-state index in [1.54, 1.807) is 6.07 Å². The molecule has 1 aromatic carbocycles. The van der Waals surface area contributed by atoms with Crippen LogP contribution in [-0.2, 0) is 10.0 Å². The molecule has 1 saturated heterocycles. The van der Waals surface area contributed by atoms with Gasteiger partial charge in [-0.15, -0.1) is 0 Å². The van der Waals surface area contributed by atoms with Crippen LogP contribution in [0.1, 0.15) is 12.8 Å². The summed E-state index contributed by atoms with van der Waals surface area (Å²) >= 11 is 3.20. The van der Waals surface area contributed by atoms with E-state index in [1.165, 1.54) is 16.4 Å². The number of phenolic OH excluding ortho intramolecular Hbond substituents is 1. The van der Waals surface area contributed by atoms with Crippen LogP contribution in [-0.4, -0.2) is 30.9 Å². The number of aromatic hydroxyl groups is 1. The van der Waals surface area contributed by atoms with Crippen LogP contribution in [0.5, 0.6) is 5.75 Å².